The molecule has 0 saturated carbocycles. The van der Waals surface area contributed by atoms with Crippen molar-refractivity contribution in [2.75, 3.05) is 10.6 Å². The predicted octanol–water partition coefficient (Wildman–Crippen LogP) is 5.97. The monoisotopic (exact) mass is 426 g/mol. The SMILES string of the molecule is CCCc1cc(Br)ccc1NC(=S)Nc1ccc(Br)cc1. The standard InChI is InChI=1S/C16H16Br2N2S/c1-2-3-11-10-13(18)6-9-15(11)20-16(21)19-14-7-4-12(17)5-8-14/h4-10H,2-3H2,1H3,(H2,19,20,21). The molecule has 0 aliphatic heterocycles. The molecule has 0 atom stereocenters. The minimum absolute atomic E-state index is 0.594. The largest absolute Gasteiger partial charge is 0.332 e. The molecule has 5 heteroatoms. The van der Waals surface area contributed by atoms with Crippen LogP contribution in [-0.4, -0.2) is 5.11 Å². The van der Waals surface area contributed by atoms with Crippen molar-refractivity contribution in [3.63, 3.8) is 0 Å². The van der Waals surface area contributed by atoms with Crippen LogP contribution in [0.25, 0.3) is 0 Å². The molecule has 2 rings (SSSR count). The first-order chi connectivity index (χ1) is 10.1. The van der Waals surface area contributed by atoms with E-state index in [0.29, 0.717) is 5.11 Å². The third-order valence-corrected chi connectivity index (χ3v) is 4.16. The summed E-state index contributed by atoms with van der Waals surface area (Å²) in [7, 11) is 0. The molecule has 110 valence electrons. The van der Waals surface area contributed by atoms with Crippen LogP contribution in [0.1, 0.15) is 18.9 Å². The molecule has 0 aliphatic carbocycles. The second-order valence-corrected chi connectivity index (χ2v) is 6.88. The Morgan fingerprint density at radius 2 is 1.67 bits per heavy atom. The maximum atomic E-state index is 5.38. The van der Waals surface area contributed by atoms with Gasteiger partial charge < -0.3 is 10.6 Å². The van der Waals surface area contributed by atoms with E-state index in [-0.39, 0.29) is 0 Å². The van der Waals surface area contributed by atoms with E-state index >= 15 is 0 Å². The number of anilines is 2. The molecular weight excluding hydrogens is 412 g/mol. The van der Waals surface area contributed by atoms with E-state index in [4.69, 9.17) is 12.2 Å². The molecule has 2 aromatic rings. The second kappa shape index (κ2) is 7.92. The van der Waals surface area contributed by atoms with Crippen molar-refractivity contribution in [3.8, 4) is 0 Å². The van der Waals surface area contributed by atoms with Gasteiger partial charge in [0.1, 0.15) is 0 Å². The van der Waals surface area contributed by atoms with Crippen LogP contribution in [0.5, 0.6) is 0 Å². The number of halogens is 2. The van der Waals surface area contributed by atoms with E-state index in [1.165, 1.54) is 5.56 Å². The van der Waals surface area contributed by atoms with Gasteiger partial charge in [0.15, 0.2) is 5.11 Å². The fourth-order valence-electron chi connectivity index (χ4n) is 1.98. The molecule has 0 bridgehead atoms. The Labute approximate surface area is 147 Å². The second-order valence-electron chi connectivity index (χ2n) is 4.64. The summed E-state index contributed by atoms with van der Waals surface area (Å²) in [6, 6.07) is 14.1. The van der Waals surface area contributed by atoms with E-state index in [0.717, 1.165) is 33.2 Å². The van der Waals surface area contributed by atoms with Crippen molar-refractivity contribution in [1.29, 1.82) is 0 Å². The summed E-state index contributed by atoms with van der Waals surface area (Å²) >= 11 is 12.3. The lowest BCUT2D eigenvalue weighted by Crippen LogP contribution is -2.19. The fraction of sp³-hybridized carbons (Fsp3) is 0.188. The van der Waals surface area contributed by atoms with Crippen LogP contribution in [0.4, 0.5) is 11.4 Å². The number of thiocarbonyl (C=S) groups is 1. The number of hydrogen-bond donors (Lipinski definition) is 2. The first-order valence-corrected chi connectivity index (χ1v) is 8.70. The minimum Gasteiger partial charge on any atom is -0.332 e. The van der Waals surface area contributed by atoms with E-state index in [1.54, 1.807) is 0 Å². The van der Waals surface area contributed by atoms with Crippen LogP contribution in [0, 0.1) is 0 Å². The molecule has 0 saturated heterocycles. The van der Waals surface area contributed by atoms with Gasteiger partial charge in [0, 0.05) is 20.3 Å². The van der Waals surface area contributed by atoms with Gasteiger partial charge in [-0.1, -0.05) is 45.2 Å². The summed E-state index contributed by atoms with van der Waals surface area (Å²) in [6.07, 6.45) is 2.11. The number of hydrogen-bond acceptors (Lipinski definition) is 1. The number of benzene rings is 2. The average molecular weight is 428 g/mol. The molecule has 0 unspecified atom stereocenters. The van der Waals surface area contributed by atoms with Gasteiger partial charge in [-0.3, -0.25) is 0 Å². The van der Waals surface area contributed by atoms with E-state index < -0.39 is 0 Å². The molecular formula is C16H16Br2N2S. The predicted molar refractivity (Wildman–Crippen MR) is 102 cm³/mol. The van der Waals surface area contributed by atoms with Gasteiger partial charge >= 0.3 is 0 Å². The lowest BCUT2D eigenvalue weighted by atomic mass is 10.1. The smallest absolute Gasteiger partial charge is 0.175 e. The van der Waals surface area contributed by atoms with Crippen molar-refractivity contribution in [2.24, 2.45) is 0 Å². The first-order valence-electron chi connectivity index (χ1n) is 6.70. The zero-order valence-electron chi connectivity index (χ0n) is 11.6. The van der Waals surface area contributed by atoms with Gasteiger partial charge in [-0.05, 0) is 66.7 Å². The lowest BCUT2D eigenvalue weighted by molar-refractivity contribution is 0.923. The molecule has 2 aromatic carbocycles. The highest BCUT2D eigenvalue weighted by atomic mass is 79.9. The van der Waals surface area contributed by atoms with Gasteiger partial charge in [0.05, 0.1) is 0 Å². The Balaban J connectivity index is 2.07. The summed E-state index contributed by atoms with van der Waals surface area (Å²) in [5.74, 6) is 0. The molecule has 0 spiro atoms. The third-order valence-electron chi connectivity index (χ3n) is 2.94. The highest BCUT2D eigenvalue weighted by Crippen LogP contribution is 2.23. The van der Waals surface area contributed by atoms with Crippen molar-refractivity contribution < 1.29 is 0 Å². The summed E-state index contributed by atoms with van der Waals surface area (Å²) in [5, 5.41) is 7.06. The summed E-state index contributed by atoms with van der Waals surface area (Å²) in [5.41, 5.74) is 3.27. The summed E-state index contributed by atoms with van der Waals surface area (Å²) in [4.78, 5) is 0. The Morgan fingerprint density at radius 3 is 2.33 bits per heavy atom. The van der Waals surface area contributed by atoms with Crippen LogP contribution >= 0.6 is 44.1 Å². The first kappa shape index (κ1) is 16.5. The fourth-order valence-corrected chi connectivity index (χ4v) is 2.88. The summed E-state index contributed by atoms with van der Waals surface area (Å²) in [6.45, 7) is 2.17. The molecule has 0 radical (unpaired) electrons. The molecule has 0 amide bonds. The molecule has 2 N–H and O–H groups in total. The van der Waals surface area contributed by atoms with E-state index in [1.807, 2.05) is 36.4 Å². The maximum absolute atomic E-state index is 5.38. The summed E-state index contributed by atoms with van der Waals surface area (Å²) < 4.78 is 2.13. The van der Waals surface area contributed by atoms with Gasteiger partial charge in [0.25, 0.3) is 0 Å². The number of rotatable bonds is 4. The normalized spacial score (nSPS) is 10.2. The Kier molecular flexibility index (Phi) is 6.21. The van der Waals surface area contributed by atoms with Crippen molar-refractivity contribution in [1.82, 2.24) is 0 Å². The maximum Gasteiger partial charge on any atom is 0.175 e. The van der Waals surface area contributed by atoms with Crippen LogP contribution in [0.3, 0.4) is 0 Å². The quantitative estimate of drug-likeness (QED) is 0.587. The van der Waals surface area contributed by atoms with Crippen LogP contribution in [0.15, 0.2) is 51.4 Å². The van der Waals surface area contributed by atoms with E-state index in [9.17, 15) is 0 Å². The zero-order chi connectivity index (χ0) is 15.2. The van der Waals surface area contributed by atoms with Crippen LogP contribution in [0.2, 0.25) is 0 Å². The van der Waals surface area contributed by atoms with Crippen LogP contribution < -0.4 is 10.6 Å². The molecule has 0 aliphatic rings. The molecule has 2 nitrogen and oxygen atoms in total. The van der Waals surface area contributed by atoms with Crippen molar-refractivity contribution in [3.05, 3.63) is 57.0 Å². The van der Waals surface area contributed by atoms with E-state index in [2.05, 4.69) is 55.5 Å². The molecule has 21 heavy (non-hydrogen) atoms. The minimum atomic E-state index is 0.594. The average Bonchev–Trinajstić information content (AvgIpc) is 2.45. The van der Waals surface area contributed by atoms with Crippen molar-refractivity contribution in [2.45, 2.75) is 19.8 Å². The topological polar surface area (TPSA) is 24.1 Å². The Morgan fingerprint density at radius 1 is 1.00 bits per heavy atom. The Bertz CT molecular complexity index is 627. The third kappa shape index (κ3) is 5.09. The van der Waals surface area contributed by atoms with Crippen molar-refractivity contribution >= 4 is 60.6 Å². The zero-order valence-corrected chi connectivity index (χ0v) is 15.6. The lowest BCUT2D eigenvalue weighted by Gasteiger charge is -2.14. The van der Waals surface area contributed by atoms with Gasteiger partial charge in [-0.25, -0.2) is 0 Å². The van der Waals surface area contributed by atoms with Gasteiger partial charge in [-0.2, -0.15) is 0 Å². The number of aryl methyl sites for hydroxylation is 1. The van der Waals surface area contributed by atoms with Gasteiger partial charge in [-0.15, -0.1) is 0 Å². The highest BCUT2D eigenvalue weighted by molar-refractivity contribution is 9.10. The highest BCUT2D eigenvalue weighted by Gasteiger charge is 2.05. The Hall–Kier alpha value is -0.910. The molecule has 0 fully saturated rings. The van der Waals surface area contributed by atoms with Crippen LogP contribution in [-0.2, 0) is 6.42 Å². The number of nitrogens with one attached hydrogen (secondary N) is 2. The molecule has 0 heterocycles. The molecule has 0 aromatic heterocycles. The van der Waals surface area contributed by atoms with Gasteiger partial charge in [0.2, 0.25) is 0 Å².